The molecule has 0 radical (unpaired) electrons. The molecule has 0 unspecified atom stereocenters. The van der Waals surface area contributed by atoms with Gasteiger partial charge >= 0.3 is 0 Å². The van der Waals surface area contributed by atoms with Crippen molar-refractivity contribution in [2.24, 2.45) is 0 Å². The quantitative estimate of drug-likeness (QED) is 0.642. The van der Waals surface area contributed by atoms with E-state index in [0.29, 0.717) is 16.5 Å². The van der Waals surface area contributed by atoms with Gasteiger partial charge < -0.3 is 0 Å². The van der Waals surface area contributed by atoms with Gasteiger partial charge in [-0.15, -0.1) is 0 Å². The van der Waals surface area contributed by atoms with Gasteiger partial charge in [-0.25, -0.2) is 4.98 Å². The molecule has 0 bridgehead atoms. The van der Waals surface area contributed by atoms with Crippen molar-refractivity contribution < 1.29 is 0 Å². The number of nitriles is 1. The second-order valence-corrected chi connectivity index (χ2v) is 5.96. The van der Waals surface area contributed by atoms with Crippen molar-refractivity contribution in [2.45, 2.75) is 6.54 Å². The minimum atomic E-state index is -0.232. The number of aromatic nitrogens is 2. The molecular formula is C16H9BrClN3O. The third-order valence-electron chi connectivity index (χ3n) is 3.34. The van der Waals surface area contributed by atoms with E-state index >= 15 is 0 Å². The first-order valence-electron chi connectivity index (χ1n) is 6.44. The molecular weight excluding hydrogens is 366 g/mol. The molecule has 0 amide bonds. The molecule has 0 fully saturated rings. The smallest absolute Gasteiger partial charge is 0.262 e. The highest BCUT2D eigenvalue weighted by molar-refractivity contribution is 9.10. The summed E-state index contributed by atoms with van der Waals surface area (Å²) >= 11 is 9.50. The number of benzene rings is 2. The van der Waals surface area contributed by atoms with Crippen LogP contribution in [0.4, 0.5) is 0 Å². The summed E-state index contributed by atoms with van der Waals surface area (Å²) in [5.74, 6) is 0. The molecule has 0 aliphatic carbocycles. The van der Waals surface area contributed by atoms with Crippen molar-refractivity contribution in [1.82, 2.24) is 9.55 Å². The van der Waals surface area contributed by atoms with Crippen molar-refractivity contribution >= 4 is 38.4 Å². The molecule has 0 saturated heterocycles. The van der Waals surface area contributed by atoms with Crippen molar-refractivity contribution in [3.63, 3.8) is 0 Å². The minimum Gasteiger partial charge on any atom is -0.278 e. The van der Waals surface area contributed by atoms with Crippen LogP contribution in [0.5, 0.6) is 0 Å². The van der Waals surface area contributed by atoms with Crippen LogP contribution in [0, 0.1) is 11.3 Å². The highest BCUT2D eigenvalue weighted by atomic mass is 79.9. The van der Waals surface area contributed by atoms with Gasteiger partial charge in [0.15, 0.2) is 0 Å². The lowest BCUT2D eigenvalue weighted by Crippen LogP contribution is -2.23. The van der Waals surface area contributed by atoms with Crippen molar-refractivity contribution in [3.05, 3.63) is 73.7 Å². The Bertz CT molecular complexity index is 975. The predicted molar refractivity (Wildman–Crippen MR) is 89.0 cm³/mol. The molecule has 1 aromatic heterocycles. The lowest BCUT2D eigenvalue weighted by molar-refractivity contribution is 0.748. The van der Waals surface area contributed by atoms with Gasteiger partial charge in [0, 0.05) is 4.47 Å². The highest BCUT2D eigenvalue weighted by Gasteiger charge is 2.12. The third kappa shape index (κ3) is 2.63. The summed E-state index contributed by atoms with van der Waals surface area (Å²) in [5, 5.41) is 9.74. The molecule has 0 aliphatic heterocycles. The number of rotatable bonds is 2. The van der Waals surface area contributed by atoms with Crippen LogP contribution in [0.1, 0.15) is 11.1 Å². The van der Waals surface area contributed by atoms with Gasteiger partial charge in [-0.05, 0) is 41.4 Å². The van der Waals surface area contributed by atoms with Gasteiger partial charge in [-0.1, -0.05) is 34.1 Å². The van der Waals surface area contributed by atoms with E-state index in [4.69, 9.17) is 16.9 Å². The van der Waals surface area contributed by atoms with E-state index in [9.17, 15) is 4.79 Å². The lowest BCUT2D eigenvalue weighted by Gasteiger charge is -2.10. The van der Waals surface area contributed by atoms with Gasteiger partial charge in [0.2, 0.25) is 5.28 Å². The van der Waals surface area contributed by atoms with E-state index in [2.05, 4.69) is 27.0 Å². The molecule has 3 aromatic rings. The standard InChI is InChI=1S/C16H9BrClN3O/c17-12-5-6-14-13(7-12)15(22)21(16(18)20-14)9-11-4-2-1-3-10(11)8-19/h1-7H,9H2. The molecule has 6 heteroatoms. The maximum Gasteiger partial charge on any atom is 0.262 e. The zero-order valence-corrected chi connectivity index (χ0v) is 13.6. The van der Waals surface area contributed by atoms with Gasteiger partial charge in [0.25, 0.3) is 5.56 Å². The Balaban J connectivity index is 2.19. The minimum absolute atomic E-state index is 0.104. The molecule has 0 spiro atoms. The maximum absolute atomic E-state index is 12.6. The fourth-order valence-corrected chi connectivity index (χ4v) is 2.83. The Morgan fingerprint density at radius 3 is 2.82 bits per heavy atom. The summed E-state index contributed by atoms with van der Waals surface area (Å²) in [6.07, 6.45) is 0. The van der Waals surface area contributed by atoms with Crippen LogP contribution in [0.25, 0.3) is 10.9 Å². The van der Waals surface area contributed by atoms with Crippen LogP contribution < -0.4 is 5.56 Å². The van der Waals surface area contributed by atoms with Crippen LogP contribution >= 0.6 is 27.5 Å². The Hall–Kier alpha value is -2.16. The first-order chi connectivity index (χ1) is 10.6. The van der Waals surface area contributed by atoms with Crippen molar-refractivity contribution in [3.8, 4) is 6.07 Å². The molecule has 2 aromatic carbocycles. The summed E-state index contributed by atoms with van der Waals surface area (Å²) in [6.45, 7) is 0.205. The van der Waals surface area contributed by atoms with E-state index < -0.39 is 0 Å². The average molecular weight is 375 g/mol. The molecule has 0 N–H and O–H groups in total. The Kier molecular flexibility index (Phi) is 3.97. The topological polar surface area (TPSA) is 58.7 Å². The monoisotopic (exact) mass is 373 g/mol. The molecule has 4 nitrogen and oxygen atoms in total. The molecule has 0 saturated carbocycles. The summed E-state index contributed by atoms with van der Waals surface area (Å²) in [7, 11) is 0. The molecule has 3 rings (SSSR count). The summed E-state index contributed by atoms with van der Waals surface area (Å²) in [6, 6.07) is 14.5. The van der Waals surface area contributed by atoms with E-state index in [-0.39, 0.29) is 17.4 Å². The lowest BCUT2D eigenvalue weighted by atomic mass is 10.1. The molecule has 0 aliphatic rings. The van der Waals surface area contributed by atoms with Crippen molar-refractivity contribution in [2.75, 3.05) is 0 Å². The number of hydrogen-bond donors (Lipinski definition) is 0. The van der Waals surface area contributed by atoms with E-state index in [1.165, 1.54) is 4.57 Å². The molecule has 1 heterocycles. The van der Waals surface area contributed by atoms with Crippen LogP contribution in [0.3, 0.4) is 0 Å². The number of nitrogens with zero attached hydrogens (tertiary/aromatic N) is 3. The van der Waals surface area contributed by atoms with E-state index in [1.807, 2.05) is 6.07 Å². The first kappa shape index (κ1) is 14.8. The molecule has 108 valence electrons. The average Bonchev–Trinajstić information content (AvgIpc) is 2.52. The highest BCUT2D eigenvalue weighted by Crippen LogP contribution is 2.18. The van der Waals surface area contributed by atoms with Crippen LogP contribution in [0.2, 0.25) is 5.28 Å². The molecule has 0 atom stereocenters. The summed E-state index contributed by atoms with van der Waals surface area (Å²) < 4.78 is 2.16. The zero-order chi connectivity index (χ0) is 15.7. The Labute approximate surface area is 139 Å². The van der Waals surface area contributed by atoms with Crippen LogP contribution in [-0.2, 0) is 6.54 Å². The van der Waals surface area contributed by atoms with Crippen LogP contribution in [0.15, 0.2) is 51.7 Å². The second kappa shape index (κ2) is 5.91. The normalized spacial score (nSPS) is 10.6. The fourth-order valence-electron chi connectivity index (χ4n) is 2.24. The SMILES string of the molecule is N#Cc1ccccc1Cn1c(Cl)nc2ccc(Br)cc2c1=O. The summed E-state index contributed by atoms with van der Waals surface area (Å²) in [4.78, 5) is 16.9. The Morgan fingerprint density at radius 2 is 2.05 bits per heavy atom. The third-order valence-corrected chi connectivity index (χ3v) is 4.12. The number of fused-ring (bicyclic) bond motifs is 1. The van der Waals surface area contributed by atoms with E-state index in [0.717, 1.165) is 10.0 Å². The maximum atomic E-state index is 12.6. The van der Waals surface area contributed by atoms with Gasteiger partial charge in [-0.2, -0.15) is 5.26 Å². The number of halogens is 2. The fraction of sp³-hybridized carbons (Fsp3) is 0.0625. The van der Waals surface area contributed by atoms with E-state index in [1.54, 1.807) is 36.4 Å². The van der Waals surface area contributed by atoms with Gasteiger partial charge in [-0.3, -0.25) is 9.36 Å². The number of hydrogen-bond acceptors (Lipinski definition) is 3. The van der Waals surface area contributed by atoms with Crippen molar-refractivity contribution in [1.29, 1.82) is 5.26 Å². The Morgan fingerprint density at radius 1 is 1.27 bits per heavy atom. The second-order valence-electron chi connectivity index (χ2n) is 4.70. The van der Waals surface area contributed by atoms with Gasteiger partial charge in [0.1, 0.15) is 0 Å². The largest absolute Gasteiger partial charge is 0.278 e. The first-order valence-corrected chi connectivity index (χ1v) is 7.61. The van der Waals surface area contributed by atoms with Gasteiger partial charge in [0.05, 0.1) is 29.1 Å². The predicted octanol–water partition coefficient (Wildman–Crippen LogP) is 3.73. The molecule has 22 heavy (non-hydrogen) atoms. The summed E-state index contributed by atoms with van der Waals surface area (Å²) in [5.41, 5.74) is 1.55. The zero-order valence-electron chi connectivity index (χ0n) is 11.3. The van der Waals surface area contributed by atoms with Crippen LogP contribution in [-0.4, -0.2) is 9.55 Å².